The summed E-state index contributed by atoms with van der Waals surface area (Å²) >= 11 is 6.60. The van der Waals surface area contributed by atoms with Gasteiger partial charge in [-0.2, -0.15) is 0 Å². The molecule has 1 unspecified atom stereocenters. The summed E-state index contributed by atoms with van der Waals surface area (Å²) < 4.78 is 12.9. The largest absolute Gasteiger partial charge is 0.490 e. The van der Waals surface area contributed by atoms with Crippen LogP contribution >= 0.6 is 11.6 Å². The van der Waals surface area contributed by atoms with Crippen LogP contribution in [0.15, 0.2) is 60.9 Å². The normalized spacial score (nSPS) is 17.2. The monoisotopic (exact) mass is 490 g/mol. The first-order chi connectivity index (χ1) is 17.1. The highest BCUT2D eigenvalue weighted by Crippen LogP contribution is 2.53. The van der Waals surface area contributed by atoms with E-state index in [1.807, 2.05) is 24.5 Å². The molecule has 0 bridgehead atoms. The van der Waals surface area contributed by atoms with E-state index in [2.05, 4.69) is 48.3 Å². The van der Waals surface area contributed by atoms with Crippen molar-refractivity contribution in [3.63, 3.8) is 0 Å². The van der Waals surface area contributed by atoms with Crippen LogP contribution in [0.4, 0.5) is 0 Å². The SMILES string of the molecule is CC(CCCCN)c1ccc(Cl)c(COC2(c3cnccc3-c3ccccc3OC3CC3)CC2)c1. The topological polar surface area (TPSA) is 57.4 Å². The number of ether oxygens (including phenoxy) is 2. The van der Waals surface area contributed by atoms with Crippen molar-refractivity contribution in [1.82, 2.24) is 4.98 Å². The summed E-state index contributed by atoms with van der Waals surface area (Å²) in [6, 6.07) is 16.8. The molecular formula is C30H35ClN2O2. The second-order valence-corrected chi connectivity index (χ2v) is 10.5. The molecule has 0 amide bonds. The quantitative estimate of drug-likeness (QED) is 0.269. The predicted octanol–water partition coefficient (Wildman–Crippen LogP) is 7.38. The summed E-state index contributed by atoms with van der Waals surface area (Å²) in [6.07, 6.45) is 11.7. The molecule has 0 aliphatic heterocycles. The lowest BCUT2D eigenvalue weighted by Crippen LogP contribution is -2.14. The van der Waals surface area contributed by atoms with Crippen LogP contribution < -0.4 is 10.5 Å². The van der Waals surface area contributed by atoms with Crippen molar-refractivity contribution in [2.24, 2.45) is 5.73 Å². The third-order valence-electron chi connectivity index (χ3n) is 7.25. The standard InChI is InChI=1S/C30H35ClN2O2/c1-21(6-4-5-16-32)22-9-12-28(31)23(18-22)20-34-30(14-15-30)27-19-33-17-13-25(27)26-7-2-3-8-29(26)35-24-10-11-24/h2-3,7-9,12-13,17-19,21,24H,4-6,10-11,14-16,20,32H2,1H3. The number of halogens is 1. The zero-order chi connectivity index (χ0) is 24.3. The highest BCUT2D eigenvalue weighted by atomic mass is 35.5. The first-order valence-electron chi connectivity index (χ1n) is 12.9. The summed E-state index contributed by atoms with van der Waals surface area (Å²) in [4.78, 5) is 4.47. The Morgan fingerprint density at radius 2 is 1.91 bits per heavy atom. The Balaban J connectivity index is 1.35. The fraction of sp³-hybridized carbons (Fsp3) is 0.433. The van der Waals surface area contributed by atoms with Crippen LogP contribution in [0.5, 0.6) is 5.75 Å². The van der Waals surface area contributed by atoms with Crippen LogP contribution in [0.1, 0.15) is 74.5 Å². The molecule has 2 fully saturated rings. The molecule has 0 saturated heterocycles. The summed E-state index contributed by atoms with van der Waals surface area (Å²) in [5.74, 6) is 1.41. The number of benzene rings is 2. The van der Waals surface area contributed by atoms with Crippen molar-refractivity contribution in [2.45, 2.75) is 76.1 Å². The van der Waals surface area contributed by atoms with E-state index in [0.717, 1.165) is 84.5 Å². The van der Waals surface area contributed by atoms with Gasteiger partial charge in [0.25, 0.3) is 0 Å². The van der Waals surface area contributed by atoms with Crippen molar-refractivity contribution in [1.29, 1.82) is 0 Å². The highest BCUT2D eigenvalue weighted by Gasteiger charge is 2.47. The molecule has 2 saturated carbocycles. The minimum atomic E-state index is -0.331. The van der Waals surface area contributed by atoms with Crippen molar-refractivity contribution in [2.75, 3.05) is 6.54 Å². The molecule has 3 aromatic rings. The van der Waals surface area contributed by atoms with E-state index >= 15 is 0 Å². The van der Waals surface area contributed by atoms with E-state index < -0.39 is 0 Å². The van der Waals surface area contributed by atoms with E-state index in [1.165, 1.54) is 5.56 Å². The Kier molecular flexibility index (Phi) is 7.43. The fourth-order valence-electron chi connectivity index (χ4n) is 4.74. The molecule has 1 atom stereocenters. The molecule has 5 rings (SSSR count). The lowest BCUT2D eigenvalue weighted by Gasteiger charge is -2.22. The Morgan fingerprint density at radius 1 is 1.09 bits per heavy atom. The van der Waals surface area contributed by atoms with Gasteiger partial charge in [-0.1, -0.05) is 55.3 Å². The number of hydrogen-bond donors (Lipinski definition) is 1. The van der Waals surface area contributed by atoms with Crippen molar-refractivity contribution in [3.05, 3.63) is 82.6 Å². The molecule has 2 aromatic carbocycles. The smallest absolute Gasteiger partial charge is 0.127 e. The number of unbranched alkanes of at least 4 members (excludes halogenated alkanes) is 1. The third kappa shape index (κ3) is 5.72. The molecule has 0 spiro atoms. The van der Waals surface area contributed by atoms with Crippen LogP contribution in [0.2, 0.25) is 5.02 Å². The van der Waals surface area contributed by atoms with Gasteiger partial charge >= 0.3 is 0 Å². The van der Waals surface area contributed by atoms with Crippen LogP contribution in [0.3, 0.4) is 0 Å². The molecule has 4 nitrogen and oxygen atoms in total. The van der Waals surface area contributed by atoms with Crippen LogP contribution in [0, 0.1) is 0 Å². The van der Waals surface area contributed by atoms with Gasteiger partial charge in [0.2, 0.25) is 0 Å². The predicted molar refractivity (Wildman–Crippen MR) is 142 cm³/mol. The number of nitrogens with two attached hydrogens (primary N) is 1. The van der Waals surface area contributed by atoms with Gasteiger partial charge in [0.15, 0.2) is 0 Å². The average molecular weight is 491 g/mol. The first kappa shape index (κ1) is 24.3. The molecular weight excluding hydrogens is 456 g/mol. The van der Waals surface area contributed by atoms with E-state index in [9.17, 15) is 0 Å². The summed E-state index contributed by atoms with van der Waals surface area (Å²) in [5, 5.41) is 0.758. The number of aromatic nitrogens is 1. The van der Waals surface area contributed by atoms with Gasteiger partial charge in [-0.3, -0.25) is 4.98 Å². The molecule has 1 aromatic heterocycles. The number of rotatable bonds is 12. The highest BCUT2D eigenvalue weighted by molar-refractivity contribution is 6.31. The minimum Gasteiger partial charge on any atom is -0.490 e. The van der Waals surface area contributed by atoms with E-state index in [-0.39, 0.29) is 5.60 Å². The second-order valence-electron chi connectivity index (χ2n) is 10.1. The average Bonchev–Trinajstić information content (AvgIpc) is 3.81. The van der Waals surface area contributed by atoms with Crippen LogP contribution in [0.25, 0.3) is 11.1 Å². The van der Waals surface area contributed by atoms with E-state index in [1.54, 1.807) is 0 Å². The second kappa shape index (κ2) is 10.7. The lowest BCUT2D eigenvalue weighted by atomic mass is 9.94. The number of pyridine rings is 1. The molecule has 35 heavy (non-hydrogen) atoms. The molecule has 2 aliphatic rings. The van der Waals surface area contributed by atoms with Crippen molar-refractivity contribution >= 4 is 11.6 Å². The van der Waals surface area contributed by atoms with Gasteiger partial charge in [0, 0.05) is 28.5 Å². The molecule has 2 N–H and O–H groups in total. The number of nitrogens with zero attached hydrogens (tertiary/aromatic N) is 1. The summed E-state index contributed by atoms with van der Waals surface area (Å²) in [6.45, 7) is 3.51. The first-order valence-corrected chi connectivity index (χ1v) is 13.3. The van der Waals surface area contributed by atoms with Crippen molar-refractivity contribution < 1.29 is 9.47 Å². The zero-order valence-electron chi connectivity index (χ0n) is 20.5. The van der Waals surface area contributed by atoms with Crippen LogP contribution in [-0.2, 0) is 16.9 Å². The Labute approximate surface area is 213 Å². The maximum atomic E-state index is 6.64. The van der Waals surface area contributed by atoms with Gasteiger partial charge < -0.3 is 15.2 Å². The lowest BCUT2D eigenvalue weighted by molar-refractivity contribution is 0.0173. The number of para-hydroxylation sites is 1. The fourth-order valence-corrected chi connectivity index (χ4v) is 4.92. The molecule has 2 aliphatic carbocycles. The van der Waals surface area contributed by atoms with Gasteiger partial charge in [0.05, 0.1) is 18.3 Å². The number of hydrogen-bond acceptors (Lipinski definition) is 4. The molecule has 184 valence electrons. The minimum absolute atomic E-state index is 0.331. The summed E-state index contributed by atoms with van der Waals surface area (Å²) in [5.41, 5.74) is 11.1. The molecule has 0 radical (unpaired) electrons. The third-order valence-corrected chi connectivity index (χ3v) is 7.61. The van der Waals surface area contributed by atoms with Crippen molar-refractivity contribution in [3.8, 4) is 16.9 Å². The van der Waals surface area contributed by atoms with Gasteiger partial charge in [-0.05, 0) is 85.9 Å². The summed E-state index contributed by atoms with van der Waals surface area (Å²) in [7, 11) is 0. The molecule has 1 heterocycles. The van der Waals surface area contributed by atoms with Gasteiger partial charge in [-0.15, -0.1) is 0 Å². The molecule has 5 heteroatoms. The van der Waals surface area contributed by atoms with Crippen LogP contribution in [-0.4, -0.2) is 17.6 Å². The Morgan fingerprint density at radius 3 is 2.69 bits per heavy atom. The van der Waals surface area contributed by atoms with E-state index in [0.29, 0.717) is 18.6 Å². The van der Waals surface area contributed by atoms with Gasteiger partial charge in [0.1, 0.15) is 5.75 Å². The Hall–Kier alpha value is -2.40. The van der Waals surface area contributed by atoms with Gasteiger partial charge in [-0.25, -0.2) is 0 Å². The van der Waals surface area contributed by atoms with E-state index in [4.69, 9.17) is 26.8 Å². The maximum absolute atomic E-state index is 6.64. The zero-order valence-corrected chi connectivity index (χ0v) is 21.3. The Bertz CT molecular complexity index is 1160. The maximum Gasteiger partial charge on any atom is 0.127 e.